The highest BCUT2D eigenvalue weighted by Gasteiger charge is 2.16. The Balaban J connectivity index is 1.57. The number of para-hydroxylation sites is 1. The van der Waals surface area contributed by atoms with Gasteiger partial charge in [0.25, 0.3) is 5.56 Å². The Kier molecular flexibility index (Phi) is 4.17. The molecule has 0 radical (unpaired) electrons. The van der Waals surface area contributed by atoms with Crippen molar-refractivity contribution in [2.45, 2.75) is 17.8 Å². The van der Waals surface area contributed by atoms with Gasteiger partial charge in [-0.2, -0.15) is 0 Å². The van der Waals surface area contributed by atoms with Crippen molar-refractivity contribution in [1.29, 1.82) is 0 Å². The molecule has 9 heteroatoms. The van der Waals surface area contributed by atoms with Crippen LogP contribution in [0.3, 0.4) is 0 Å². The van der Waals surface area contributed by atoms with E-state index in [4.69, 9.17) is 0 Å². The number of hydrogen-bond donors (Lipinski definition) is 0. The molecule has 0 amide bonds. The van der Waals surface area contributed by atoms with E-state index < -0.39 is 0 Å². The molecule has 2 aromatic carbocycles. The molecule has 29 heavy (non-hydrogen) atoms. The summed E-state index contributed by atoms with van der Waals surface area (Å²) in [5, 5.41) is 18.3. The van der Waals surface area contributed by atoms with Crippen LogP contribution in [0.25, 0.3) is 22.4 Å². The Hall–Kier alpha value is -3.46. The quantitative estimate of drug-likeness (QED) is 0.429. The van der Waals surface area contributed by atoms with E-state index in [0.29, 0.717) is 16.9 Å². The first kappa shape index (κ1) is 17.6. The molecule has 0 N–H and O–H groups in total. The highest BCUT2D eigenvalue weighted by molar-refractivity contribution is 7.98. The second kappa shape index (κ2) is 6.85. The Labute approximate surface area is 169 Å². The third-order valence-electron chi connectivity index (χ3n) is 4.82. The van der Waals surface area contributed by atoms with Crippen LogP contribution in [0.4, 0.5) is 0 Å². The van der Waals surface area contributed by atoms with E-state index in [9.17, 15) is 4.79 Å². The number of rotatable bonds is 4. The zero-order chi connectivity index (χ0) is 20.0. The maximum Gasteiger partial charge on any atom is 0.262 e. The highest BCUT2D eigenvalue weighted by atomic mass is 32.2. The Morgan fingerprint density at radius 1 is 1.03 bits per heavy atom. The number of fused-ring (bicyclic) bond motifs is 3. The van der Waals surface area contributed by atoms with Gasteiger partial charge >= 0.3 is 0 Å². The van der Waals surface area contributed by atoms with E-state index in [2.05, 4.69) is 20.4 Å². The summed E-state index contributed by atoms with van der Waals surface area (Å²) >= 11 is 1.52. The second-order valence-electron chi connectivity index (χ2n) is 6.74. The molecular formula is C20H17N7OS. The summed E-state index contributed by atoms with van der Waals surface area (Å²) in [7, 11) is 1.72. The molecule has 0 aliphatic heterocycles. The Bertz CT molecular complexity index is 1400. The second-order valence-corrected chi connectivity index (χ2v) is 7.69. The van der Waals surface area contributed by atoms with Crippen LogP contribution in [0.1, 0.15) is 11.4 Å². The summed E-state index contributed by atoms with van der Waals surface area (Å²) in [4.78, 5) is 12.7. The fourth-order valence-corrected chi connectivity index (χ4v) is 4.21. The minimum Gasteiger partial charge on any atom is -0.279 e. The number of nitrogens with zero attached hydrogens (tertiary/aromatic N) is 7. The van der Waals surface area contributed by atoms with Gasteiger partial charge in [0, 0.05) is 12.7 Å². The predicted molar refractivity (Wildman–Crippen MR) is 111 cm³/mol. The van der Waals surface area contributed by atoms with Gasteiger partial charge in [-0.3, -0.25) is 18.3 Å². The van der Waals surface area contributed by atoms with Crippen molar-refractivity contribution in [1.82, 2.24) is 33.9 Å². The van der Waals surface area contributed by atoms with Crippen LogP contribution < -0.4 is 5.56 Å². The lowest BCUT2D eigenvalue weighted by Gasteiger charge is -2.09. The topological polar surface area (TPSA) is 82.9 Å². The van der Waals surface area contributed by atoms with E-state index in [-0.39, 0.29) is 5.56 Å². The lowest BCUT2D eigenvalue weighted by molar-refractivity contribution is 0.857. The maximum atomic E-state index is 12.7. The monoisotopic (exact) mass is 403 g/mol. The van der Waals surface area contributed by atoms with Crippen molar-refractivity contribution in [3.05, 3.63) is 76.6 Å². The van der Waals surface area contributed by atoms with Crippen molar-refractivity contribution in [2.75, 3.05) is 0 Å². The Morgan fingerprint density at radius 2 is 1.86 bits per heavy atom. The van der Waals surface area contributed by atoms with Gasteiger partial charge in [-0.1, -0.05) is 41.6 Å². The van der Waals surface area contributed by atoms with E-state index in [1.54, 1.807) is 13.4 Å². The number of aromatic nitrogens is 7. The first-order valence-electron chi connectivity index (χ1n) is 9.05. The minimum absolute atomic E-state index is 0.0772. The average Bonchev–Trinajstić information content (AvgIpc) is 3.38. The molecule has 0 aliphatic rings. The number of aryl methyl sites for hydroxylation is 2. The first-order chi connectivity index (χ1) is 14.1. The normalized spacial score (nSPS) is 11.5. The van der Waals surface area contributed by atoms with Crippen LogP contribution in [0.5, 0.6) is 0 Å². The van der Waals surface area contributed by atoms with Gasteiger partial charge in [-0.05, 0) is 31.2 Å². The van der Waals surface area contributed by atoms with Crippen LogP contribution in [0.2, 0.25) is 0 Å². The van der Waals surface area contributed by atoms with E-state index in [1.165, 1.54) is 16.3 Å². The molecule has 0 saturated heterocycles. The van der Waals surface area contributed by atoms with Crippen molar-refractivity contribution < 1.29 is 0 Å². The predicted octanol–water partition coefficient (Wildman–Crippen LogP) is 2.76. The maximum absolute atomic E-state index is 12.7. The summed E-state index contributed by atoms with van der Waals surface area (Å²) in [5.74, 6) is 1.80. The lowest BCUT2D eigenvalue weighted by atomic mass is 10.1. The SMILES string of the molecule is Cc1ccc2c(c1)c(=O)n(C)c1nnc(CSc3nncn3-c3ccccc3)n21. The molecule has 5 rings (SSSR count). The summed E-state index contributed by atoms with van der Waals surface area (Å²) in [6.07, 6.45) is 1.70. The van der Waals surface area contributed by atoms with Crippen molar-refractivity contribution >= 4 is 28.4 Å². The van der Waals surface area contributed by atoms with E-state index in [0.717, 1.165) is 27.7 Å². The van der Waals surface area contributed by atoms with Gasteiger partial charge in [-0.15, -0.1) is 20.4 Å². The largest absolute Gasteiger partial charge is 0.279 e. The third-order valence-corrected chi connectivity index (χ3v) is 5.76. The van der Waals surface area contributed by atoms with Crippen molar-refractivity contribution in [3.63, 3.8) is 0 Å². The molecule has 0 saturated carbocycles. The molecule has 0 aliphatic carbocycles. The van der Waals surface area contributed by atoms with Crippen LogP contribution in [0.15, 0.2) is 64.8 Å². The molecule has 0 atom stereocenters. The van der Waals surface area contributed by atoms with Crippen molar-refractivity contribution in [3.8, 4) is 5.69 Å². The number of thioether (sulfide) groups is 1. The van der Waals surface area contributed by atoms with Crippen molar-refractivity contribution in [2.24, 2.45) is 7.05 Å². The van der Waals surface area contributed by atoms with Crippen LogP contribution in [0, 0.1) is 6.92 Å². The molecule has 8 nitrogen and oxygen atoms in total. The van der Waals surface area contributed by atoms with Gasteiger partial charge in [0.2, 0.25) is 5.78 Å². The average molecular weight is 403 g/mol. The van der Waals surface area contributed by atoms with Gasteiger partial charge in [0.05, 0.1) is 16.7 Å². The zero-order valence-electron chi connectivity index (χ0n) is 15.9. The fourth-order valence-electron chi connectivity index (χ4n) is 3.37. The molecule has 144 valence electrons. The van der Waals surface area contributed by atoms with Crippen LogP contribution >= 0.6 is 11.8 Å². The molecule has 3 heterocycles. The molecule has 0 bridgehead atoms. The molecule has 0 unspecified atom stereocenters. The van der Waals surface area contributed by atoms with E-state index >= 15 is 0 Å². The molecule has 0 spiro atoms. The highest BCUT2D eigenvalue weighted by Crippen LogP contribution is 2.24. The number of benzene rings is 2. The van der Waals surface area contributed by atoms with E-state index in [1.807, 2.05) is 64.4 Å². The van der Waals surface area contributed by atoms with Gasteiger partial charge in [-0.25, -0.2) is 0 Å². The number of hydrogen-bond acceptors (Lipinski definition) is 6. The zero-order valence-corrected chi connectivity index (χ0v) is 16.7. The van der Waals surface area contributed by atoms with Gasteiger partial charge in [0.1, 0.15) is 12.2 Å². The fraction of sp³-hybridized carbons (Fsp3) is 0.150. The summed E-state index contributed by atoms with van der Waals surface area (Å²) in [5.41, 5.74) is 2.76. The molecule has 5 aromatic rings. The van der Waals surface area contributed by atoms with Gasteiger partial charge in [0.15, 0.2) is 5.16 Å². The molecule has 0 fully saturated rings. The first-order valence-corrected chi connectivity index (χ1v) is 10.0. The molecular weight excluding hydrogens is 386 g/mol. The smallest absolute Gasteiger partial charge is 0.262 e. The summed E-state index contributed by atoms with van der Waals surface area (Å²) in [6.45, 7) is 1.97. The standard InChI is InChI=1S/C20H17N7OS/c1-13-8-9-16-15(10-13)18(28)25(2)19-23-22-17(27(16)19)11-29-20-24-21-12-26(20)14-6-4-3-5-7-14/h3-10,12H,11H2,1-2H3. The minimum atomic E-state index is -0.0772. The third kappa shape index (κ3) is 2.90. The lowest BCUT2D eigenvalue weighted by Crippen LogP contribution is -2.20. The van der Waals surface area contributed by atoms with Gasteiger partial charge < -0.3 is 0 Å². The van der Waals surface area contributed by atoms with Crippen LogP contribution in [-0.2, 0) is 12.8 Å². The van der Waals surface area contributed by atoms with Crippen LogP contribution in [-0.4, -0.2) is 33.9 Å². The Morgan fingerprint density at radius 3 is 2.69 bits per heavy atom. The summed E-state index contributed by atoms with van der Waals surface area (Å²) in [6, 6.07) is 15.8. The summed E-state index contributed by atoms with van der Waals surface area (Å²) < 4.78 is 5.41. The molecule has 3 aromatic heterocycles.